The molecule has 1 aromatic heterocycles. The van der Waals surface area contributed by atoms with E-state index >= 15 is 0 Å². The molecule has 0 bridgehead atoms. The Morgan fingerprint density at radius 2 is 2.09 bits per heavy atom. The molecular formula is C21H25ClFN5O4. The molecule has 1 aliphatic heterocycles. The van der Waals surface area contributed by atoms with Crippen LogP contribution in [0.3, 0.4) is 0 Å². The van der Waals surface area contributed by atoms with Gasteiger partial charge in [0.05, 0.1) is 30.6 Å². The number of halogens is 2. The van der Waals surface area contributed by atoms with E-state index in [2.05, 4.69) is 20.6 Å². The number of amides is 2. The summed E-state index contributed by atoms with van der Waals surface area (Å²) in [6.07, 6.45) is 0.655. The summed E-state index contributed by atoms with van der Waals surface area (Å²) in [4.78, 5) is 34.1. The van der Waals surface area contributed by atoms with Gasteiger partial charge in [0.2, 0.25) is 5.28 Å². The van der Waals surface area contributed by atoms with Gasteiger partial charge in [0.15, 0.2) is 0 Å². The third-order valence-electron chi connectivity index (χ3n) is 4.71. The molecule has 0 spiro atoms. The van der Waals surface area contributed by atoms with Gasteiger partial charge in [-0.05, 0) is 56.6 Å². The minimum atomic E-state index is -0.599. The average molecular weight is 466 g/mol. The zero-order valence-corrected chi connectivity index (χ0v) is 18.7. The maximum Gasteiger partial charge on any atom is 0.407 e. The SMILES string of the molecule is CC(C)(C)NC(=O)O[C@H]1C[C@@H](CO)N(c2ccc(F)cc2NC(=O)c2ccnc(Cl)n2)C1. The minimum Gasteiger partial charge on any atom is -0.444 e. The average Bonchev–Trinajstić information content (AvgIpc) is 3.09. The van der Waals surface area contributed by atoms with Crippen molar-refractivity contribution in [2.75, 3.05) is 23.4 Å². The summed E-state index contributed by atoms with van der Waals surface area (Å²) in [6.45, 7) is 5.56. The number of benzene rings is 1. The molecule has 172 valence electrons. The van der Waals surface area contributed by atoms with Crippen LogP contribution in [-0.4, -0.2) is 57.9 Å². The molecule has 0 saturated carbocycles. The molecule has 1 aliphatic rings. The molecule has 0 unspecified atom stereocenters. The third kappa shape index (κ3) is 6.04. The quantitative estimate of drug-likeness (QED) is 0.581. The van der Waals surface area contributed by atoms with Crippen molar-refractivity contribution in [3.8, 4) is 0 Å². The lowest BCUT2D eigenvalue weighted by Crippen LogP contribution is -2.42. The number of ether oxygens (including phenoxy) is 1. The molecule has 2 atom stereocenters. The first-order valence-electron chi connectivity index (χ1n) is 10.0. The molecule has 1 saturated heterocycles. The van der Waals surface area contributed by atoms with Gasteiger partial charge < -0.3 is 25.4 Å². The molecular weight excluding hydrogens is 441 g/mol. The van der Waals surface area contributed by atoms with Crippen LogP contribution in [0.5, 0.6) is 0 Å². The molecule has 11 heteroatoms. The molecule has 0 aliphatic carbocycles. The molecule has 2 aromatic rings. The zero-order valence-electron chi connectivity index (χ0n) is 17.9. The van der Waals surface area contributed by atoms with E-state index in [-0.39, 0.29) is 29.8 Å². The largest absolute Gasteiger partial charge is 0.444 e. The van der Waals surface area contributed by atoms with Crippen LogP contribution in [0.1, 0.15) is 37.7 Å². The Kier molecular flexibility index (Phi) is 7.15. The van der Waals surface area contributed by atoms with E-state index in [1.807, 2.05) is 20.8 Å². The fraction of sp³-hybridized carbons (Fsp3) is 0.429. The van der Waals surface area contributed by atoms with Gasteiger partial charge in [0, 0.05) is 18.2 Å². The van der Waals surface area contributed by atoms with Gasteiger partial charge in [-0.3, -0.25) is 4.79 Å². The number of carbonyl (C=O) groups excluding carboxylic acids is 2. The maximum atomic E-state index is 14.0. The standard InChI is InChI=1S/C21H25ClFN5O4/c1-21(2,3)27-20(31)32-14-9-13(11-29)28(10-14)17-5-4-12(23)8-16(17)25-18(30)15-6-7-24-19(22)26-15/h4-8,13-14,29H,9-11H2,1-3H3,(H,25,30)(H,27,31)/t13-,14-/m0/s1. The Morgan fingerprint density at radius 3 is 2.75 bits per heavy atom. The highest BCUT2D eigenvalue weighted by molar-refractivity contribution is 6.28. The number of rotatable bonds is 5. The second-order valence-electron chi connectivity index (χ2n) is 8.45. The molecule has 9 nitrogen and oxygen atoms in total. The van der Waals surface area contributed by atoms with Crippen LogP contribution in [0.2, 0.25) is 5.28 Å². The van der Waals surface area contributed by atoms with Crippen molar-refractivity contribution in [2.24, 2.45) is 0 Å². The van der Waals surface area contributed by atoms with E-state index in [0.29, 0.717) is 12.1 Å². The Balaban J connectivity index is 1.80. The molecule has 32 heavy (non-hydrogen) atoms. The zero-order chi connectivity index (χ0) is 23.5. The van der Waals surface area contributed by atoms with Gasteiger partial charge in [-0.15, -0.1) is 0 Å². The Labute approximate surface area is 189 Å². The molecule has 0 radical (unpaired) electrons. The Bertz CT molecular complexity index is 1000. The van der Waals surface area contributed by atoms with E-state index in [9.17, 15) is 19.1 Å². The number of hydrogen-bond acceptors (Lipinski definition) is 7. The summed E-state index contributed by atoms with van der Waals surface area (Å²) in [7, 11) is 0. The molecule has 1 aromatic carbocycles. The topological polar surface area (TPSA) is 117 Å². The lowest BCUT2D eigenvalue weighted by molar-refractivity contribution is 0.0978. The third-order valence-corrected chi connectivity index (χ3v) is 4.89. The van der Waals surface area contributed by atoms with Gasteiger partial charge >= 0.3 is 6.09 Å². The lowest BCUT2D eigenvalue weighted by Gasteiger charge is -2.27. The molecule has 3 rings (SSSR count). The number of carbonyl (C=O) groups is 2. The number of aliphatic hydroxyl groups excluding tert-OH is 1. The van der Waals surface area contributed by atoms with Crippen LogP contribution in [-0.2, 0) is 4.74 Å². The predicted molar refractivity (Wildman–Crippen MR) is 117 cm³/mol. The molecule has 2 heterocycles. The van der Waals surface area contributed by atoms with E-state index < -0.39 is 35.5 Å². The number of nitrogens with one attached hydrogen (secondary N) is 2. The minimum absolute atomic E-state index is 0.0143. The number of alkyl carbamates (subject to hydrolysis) is 1. The smallest absolute Gasteiger partial charge is 0.407 e. The van der Waals surface area contributed by atoms with E-state index in [4.69, 9.17) is 16.3 Å². The first-order chi connectivity index (χ1) is 15.1. The number of aromatic nitrogens is 2. The van der Waals surface area contributed by atoms with Gasteiger partial charge in [0.1, 0.15) is 17.6 Å². The van der Waals surface area contributed by atoms with Crippen molar-refractivity contribution < 1.29 is 23.8 Å². The summed E-state index contributed by atoms with van der Waals surface area (Å²) in [5.41, 5.74) is 0.217. The molecule has 3 N–H and O–H groups in total. The Hall–Kier alpha value is -2.98. The second kappa shape index (κ2) is 9.66. The van der Waals surface area contributed by atoms with Crippen LogP contribution >= 0.6 is 11.6 Å². The number of hydrogen-bond donors (Lipinski definition) is 3. The van der Waals surface area contributed by atoms with Crippen molar-refractivity contribution in [1.82, 2.24) is 15.3 Å². The van der Waals surface area contributed by atoms with Crippen LogP contribution < -0.4 is 15.5 Å². The van der Waals surface area contributed by atoms with Crippen molar-refractivity contribution in [1.29, 1.82) is 0 Å². The monoisotopic (exact) mass is 465 g/mol. The number of anilines is 2. The van der Waals surface area contributed by atoms with E-state index in [1.165, 1.54) is 30.5 Å². The molecule has 2 amide bonds. The highest BCUT2D eigenvalue weighted by Crippen LogP contribution is 2.34. The molecule has 1 fully saturated rings. The highest BCUT2D eigenvalue weighted by atomic mass is 35.5. The predicted octanol–water partition coefficient (Wildman–Crippen LogP) is 2.99. The second-order valence-corrected chi connectivity index (χ2v) is 8.79. The van der Waals surface area contributed by atoms with Crippen LogP contribution in [0.4, 0.5) is 20.6 Å². The van der Waals surface area contributed by atoms with Crippen molar-refractivity contribution in [3.63, 3.8) is 0 Å². The van der Waals surface area contributed by atoms with Crippen molar-refractivity contribution in [2.45, 2.75) is 44.9 Å². The van der Waals surface area contributed by atoms with Crippen LogP contribution in [0.15, 0.2) is 30.5 Å². The summed E-state index contributed by atoms with van der Waals surface area (Å²) in [5, 5.41) is 15.2. The summed E-state index contributed by atoms with van der Waals surface area (Å²) in [6, 6.07) is 4.91. The van der Waals surface area contributed by atoms with Gasteiger partial charge in [-0.2, -0.15) is 0 Å². The fourth-order valence-electron chi connectivity index (χ4n) is 3.42. The van der Waals surface area contributed by atoms with E-state index in [1.54, 1.807) is 4.90 Å². The van der Waals surface area contributed by atoms with E-state index in [0.717, 1.165) is 0 Å². The number of nitrogens with zero attached hydrogens (tertiary/aromatic N) is 3. The first kappa shape index (κ1) is 23.7. The summed E-state index contributed by atoms with van der Waals surface area (Å²) < 4.78 is 19.5. The fourth-order valence-corrected chi connectivity index (χ4v) is 3.57. The van der Waals surface area contributed by atoms with Crippen LogP contribution in [0.25, 0.3) is 0 Å². The van der Waals surface area contributed by atoms with Crippen molar-refractivity contribution in [3.05, 3.63) is 47.3 Å². The number of aliphatic hydroxyl groups is 1. The highest BCUT2D eigenvalue weighted by Gasteiger charge is 2.36. The van der Waals surface area contributed by atoms with Crippen LogP contribution in [0, 0.1) is 5.82 Å². The van der Waals surface area contributed by atoms with Gasteiger partial charge in [0.25, 0.3) is 5.91 Å². The lowest BCUT2D eigenvalue weighted by atomic mass is 10.1. The van der Waals surface area contributed by atoms with Gasteiger partial charge in [-0.25, -0.2) is 19.2 Å². The normalized spacial score (nSPS) is 18.4. The maximum absolute atomic E-state index is 14.0. The summed E-state index contributed by atoms with van der Waals surface area (Å²) >= 11 is 5.74. The summed E-state index contributed by atoms with van der Waals surface area (Å²) in [5.74, 6) is -1.15. The van der Waals surface area contributed by atoms with Crippen molar-refractivity contribution >= 4 is 35.0 Å². The Morgan fingerprint density at radius 1 is 1.34 bits per heavy atom. The first-order valence-corrected chi connectivity index (χ1v) is 10.4. The van der Waals surface area contributed by atoms with Gasteiger partial charge in [-0.1, -0.05) is 0 Å².